The molecule has 1 unspecified atom stereocenters. The maximum atomic E-state index is 4.61. The average Bonchev–Trinajstić information content (AvgIpc) is 3.11. The predicted molar refractivity (Wildman–Crippen MR) is 90.3 cm³/mol. The number of hydrogen-bond acceptors (Lipinski definition) is 5. The molecule has 1 aliphatic rings. The first-order valence-corrected chi connectivity index (χ1v) is 8.79. The van der Waals surface area contributed by atoms with Gasteiger partial charge in [-0.2, -0.15) is 0 Å². The van der Waals surface area contributed by atoms with E-state index in [1.807, 2.05) is 0 Å². The molecule has 0 amide bonds. The highest BCUT2D eigenvalue weighted by molar-refractivity contribution is 7.18. The Kier molecular flexibility index (Phi) is 4.70. The zero-order valence-electron chi connectivity index (χ0n) is 12.9. The van der Waals surface area contributed by atoms with Gasteiger partial charge >= 0.3 is 0 Å². The number of nitrogens with zero attached hydrogens (tertiary/aromatic N) is 3. The van der Waals surface area contributed by atoms with Gasteiger partial charge < -0.3 is 10.2 Å². The van der Waals surface area contributed by atoms with Gasteiger partial charge in [-0.25, -0.2) is 9.97 Å². The number of rotatable bonds is 6. The van der Waals surface area contributed by atoms with E-state index in [-0.39, 0.29) is 0 Å². The molecule has 3 heterocycles. The SMILES string of the molecule is CCCCN(CC1CCCN1)c1ncnc2sc(C)cc12. The summed E-state index contributed by atoms with van der Waals surface area (Å²) in [4.78, 5) is 13.9. The van der Waals surface area contributed by atoms with E-state index in [0.717, 1.165) is 30.3 Å². The molecule has 114 valence electrons. The van der Waals surface area contributed by atoms with Crippen LogP contribution in [-0.4, -0.2) is 35.6 Å². The Morgan fingerprint density at radius 2 is 2.33 bits per heavy atom. The summed E-state index contributed by atoms with van der Waals surface area (Å²) in [5.74, 6) is 1.12. The summed E-state index contributed by atoms with van der Waals surface area (Å²) in [6.07, 6.45) is 6.71. The number of fused-ring (bicyclic) bond motifs is 1. The van der Waals surface area contributed by atoms with Crippen LogP contribution in [0.5, 0.6) is 0 Å². The summed E-state index contributed by atoms with van der Waals surface area (Å²) in [5.41, 5.74) is 0. The van der Waals surface area contributed by atoms with Crippen molar-refractivity contribution in [3.8, 4) is 0 Å². The Hall–Kier alpha value is -1.20. The lowest BCUT2D eigenvalue weighted by molar-refractivity contribution is 0.570. The van der Waals surface area contributed by atoms with Crippen LogP contribution in [0.25, 0.3) is 10.2 Å². The van der Waals surface area contributed by atoms with E-state index in [0.29, 0.717) is 6.04 Å². The minimum absolute atomic E-state index is 0.603. The lowest BCUT2D eigenvalue weighted by atomic mass is 10.2. The lowest BCUT2D eigenvalue weighted by Gasteiger charge is -2.27. The van der Waals surface area contributed by atoms with Gasteiger partial charge in [0.2, 0.25) is 0 Å². The molecule has 0 radical (unpaired) electrons. The predicted octanol–water partition coefficient (Wildman–Crippen LogP) is 3.36. The maximum absolute atomic E-state index is 4.61. The Bertz CT molecular complexity index is 589. The molecule has 0 bridgehead atoms. The van der Waals surface area contributed by atoms with Crippen LogP contribution in [0.4, 0.5) is 5.82 Å². The van der Waals surface area contributed by atoms with Gasteiger partial charge in [-0.3, -0.25) is 0 Å². The van der Waals surface area contributed by atoms with Crippen LogP contribution < -0.4 is 10.2 Å². The van der Waals surface area contributed by atoms with Crippen molar-refractivity contribution >= 4 is 27.4 Å². The summed E-state index contributed by atoms with van der Waals surface area (Å²) in [6, 6.07) is 2.84. The lowest BCUT2D eigenvalue weighted by Crippen LogP contribution is -2.38. The third kappa shape index (κ3) is 3.35. The quantitative estimate of drug-likeness (QED) is 0.888. The van der Waals surface area contributed by atoms with Crippen LogP contribution >= 0.6 is 11.3 Å². The molecular formula is C16H24N4S. The summed E-state index contributed by atoms with van der Waals surface area (Å²) < 4.78 is 0. The van der Waals surface area contributed by atoms with E-state index in [9.17, 15) is 0 Å². The van der Waals surface area contributed by atoms with Gasteiger partial charge in [0.05, 0.1) is 5.39 Å². The zero-order valence-corrected chi connectivity index (χ0v) is 13.7. The Morgan fingerprint density at radius 1 is 1.43 bits per heavy atom. The average molecular weight is 304 g/mol. The number of hydrogen-bond donors (Lipinski definition) is 1. The molecule has 1 fully saturated rings. The van der Waals surface area contributed by atoms with E-state index in [1.54, 1.807) is 17.7 Å². The number of aryl methyl sites for hydroxylation is 1. The highest BCUT2D eigenvalue weighted by atomic mass is 32.1. The first-order chi connectivity index (χ1) is 10.3. The number of unbranched alkanes of at least 4 members (excludes halogenated alkanes) is 1. The fourth-order valence-corrected chi connectivity index (χ4v) is 3.87. The summed E-state index contributed by atoms with van der Waals surface area (Å²) in [7, 11) is 0. The second-order valence-corrected chi connectivity index (χ2v) is 7.10. The molecule has 2 aromatic rings. The summed E-state index contributed by atoms with van der Waals surface area (Å²) >= 11 is 1.76. The van der Waals surface area contributed by atoms with Crippen LogP contribution in [0.3, 0.4) is 0 Å². The van der Waals surface area contributed by atoms with Gasteiger partial charge in [0, 0.05) is 24.0 Å². The van der Waals surface area contributed by atoms with Crippen molar-refractivity contribution in [2.75, 3.05) is 24.5 Å². The van der Waals surface area contributed by atoms with E-state index in [4.69, 9.17) is 0 Å². The van der Waals surface area contributed by atoms with Crippen molar-refractivity contribution in [3.05, 3.63) is 17.3 Å². The Labute approximate surface area is 130 Å². The van der Waals surface area contributed by atoms with Gasteiger partial charge in [0.25, 0.3) is 0 Å². The molecule has 0 spiro atoms. The normalized spacial score (nSPS) is 18.5. The number of nitrogens with one attached hydrogen (secondary N) is 1. The van der Waals surface area contributed by atoms with Crippen LogP contribution in [0, 0.1) is 6.92 Å². The highest BCUT2D eigenvalue weighted by Gasteiger charge is 2.20. The Morgan fingerprint density at radius 3 is 3.10 bits per heavy atom. The van der Waals surface area contributed by atoms with Gasteiger partial charge in [-0.1, -0.05) is 13.3 Å². The smallest absolute Gasteiger partial charge is 0.140 e. The minimum Gasteiger partial charge on any atom is -0.354 e. The van der Waals surface area contributed by atoms with Crippen LogP contribution in [0.2, 0.25) is 0 Å². The van der Waals surface area contributed by atoms with Crippen molar-refractivity contribution in [1.29, 1.82) is 0 Å². The first kappa shape index (κ1) is 14.7. The van der Waals surface area contributed by atoms with Crippen molar-refractivity contribution in [2.24, 2.45) is 0 Å². The molecule has 1 aliphatic heterocycles. The monoisotopic (exact) mass is 304 g/mol. The van der Waals surface area contributed by atoms with Crippen molar-refractivity contribution < 1.29 is 0 Å². The third-order valence-corrected chi connectivity index (χ3v) is 5.07. The molecule has 0 aromatic carbocycles. The van der Waals surface area contributed by atoms with Gasteiger partial charge in [0.1, 0.15) is 17.0 Å². The van der Waals surface area contributed by atoms with E-state index in [2.05, 4.69) is 40.1 Å². The van der Waals surface area contributed by atoms with Crippen molar-refractivity contribution in [2.45, 2.75) is 45.6 Å². The molecule has 1 atom stereocenters. The molecule has 3 rings (SSSR count). The molecule has 21 heavy (non-hydrogen) atoms. The number of thiophene rings is 1. The number of aromatic nitrogens is 2. The van der Waals surface area contributed by atoms with Crippen LogP contribution in [0.15, 0.2) is 12.4 Å². The first-order valence-electron chi connectivity index (χ1n) is 7.97. The van der Waals surface area contributed by atoms with Crippen molar-refractivity contribution in [1.82, 2.24) is 15.3 Å². The molecule has 1 saturated heterocycles. The van der Waals surface area contributed by atoms with E-state index >= 15 is 0 Å². The minimum atomic E-state index is 0.603. The molecule has 4 nitrogen and oxygen atoms in total. The number of anilines is 1. The van der Waals surface area contributed by atoms with Crippen LogP contribution in [-0.2, 0) is 0 Å². The zero-order chi connectivity index (χ0) is 14.7. The fourth-order valence-electron chi connectivity index (χ4n) is 3.03. The summed E-state index contributed by atoms with van der Waals surface area (Å²) in [5, 5.41) is 4.82. The Balaban J connectivity index is 1.88. The second-order valence-electron chi connectivity index (χ2n) is 5.87. The molecule has 5 heteroatoms. The molecule has 1 N–H and O–H groups in total. The van der Waals surface area contributed by atoms with Crippen molar-refractivity contribution in [3.63, 3.8) is 0 Å². The molecule has 0 saturated carbocycles. The van der Waals surface area contributed by atoms with Crippen LogP contribution in [0.1, 0.15) is 37.5 Å². The molecular weight excluding hydrogens is 280 g/mol. The van der Waals surface area contributed by atoms with E-state index in [1.165, 1.54) is 35.9 Å². The van der Waals surface area contributed by atoms with Gasteiger partial charge in [-0.15, -0.1) is 11.3 Å². The molecule has 2 aromatic heterocycles. The second kappa shape index (κ2) is 6.71. The molecule has 0 aliphatic carbocycles. The van der Waals surface area contributed by atoms with E-state index < -0.39 is 0 Å². The highest BCUT2D eigenvalue weighted by Crippen LogP contribution is 2.30. The standard InChI is InChI=1S/C16H24N4S/c1-3-4-8-20(10-13-6-5-7-17-13)15-14-9-12(2)21-16(14)19-11-18-15/h9,11,13,17H,3-8,10H2,1-2H3. The largest absolute Gasteiger partial charge is 0.354 e. The fraction of sp³-hybridized carbons (Fsp3) is 0.625. The summed E-state index contributed by atoms with van der Waals surface area (Å²) in [6.45, 7) is 7.68. The van der Waals surface area contributed by atoms with Gasteiger partial charge in [-0.05, 0) is 38.8 Å². The van der Waals surface area contributed by atoms with Gasteiger partial charge in [0.15, 0.2) is 0 Å². The third-order valence-electron chi connectivity index (χ3n) is 4.12. The maximum Gasteiger partial charge on any atom is 0.140 e. The topological polar surface area (TPSA) is 41.0 Å².